The Morgan fingerprint density at radius 2 is 0.981 bits per heavy atom. The third-order valence-electron chi connectivity index (χ3n) is 11.8. The molecule has 0 saturated carbocycles. The van der Waals surface area contributed by atoms with Gasteiger partial charge in [-0.05, 0) is 151 Å². The number of nitrogens with zero attached hydrogens (tertiary/aromatic N) is 4. The standard InChI is InChI=1S/C50H24N4/c1-52-46-26-54-19-17-32(46)40-20-38-31(39-21-41-33-10-2-6-27-7-3-11-34(47(27)33)42(41)22-44(39)40)14-15-36-43(38)23-45-35-12-4-8-28-9-5-13-37(48(28)35)50(45)49(36)30-16-18-53-25-29(30)24-51/h2-23,25-26H. The van der Waals surface area contributed by atoms with E-state index in [1.165, 1.54) is 54.9 Å². The average molecular weight is 681 g/mol. The number of fused-ring (bicyclic) bond motifs is 11. The number of hydrogen-bond acceptors (Lipinski definition) is 3. The van der Waals surface area contributed by atoms with Gasteiger partial charge < -0.3 is 0 Å². The SMILES string of the molecule is [C-]#[N+]c1cnccc1-c1cc2c3cc4c(c(-c5ccncc5C#N)c3ccc2c2cc3c(cc12)-c1cccc2cccc-3c12)-c1cccc2cccc-4c12. The molecule has 244 valence electrons. The highest BCUT2D eigenvalue weighted by molar-refractivity contribution is 6.30. The first-order chi connectivity index (χ1) is 26.7. The number of aromatic nitrogens is 2. The molecule has 4 nitrogen and oxygen atoms in total. The molecule has 8 aromatic carbocycles. The van der Waals surface area contributed by atoms with Gasteiger partial charge in [-0.1, -0.05) is 84.9 Å². The molecule has 0 fully saturated rings. The number of rotatable bonds is 2. The van der Waals surface area contributed by atoms with Gasteiger partial charge in [0.05, 0.1) is 12.1 Å². The first-order valence-electron chi connectivity index (χ1n) is 18.0. The summed E-state index contributed by atoms with van der Waals surface area (Å²) in [5.74, 6) is 0. The minimum Gasteiger partial charge on any atom is -0.276 e. The van der Waals surface area contributed by atoms with Gasteiger partial charge in [-0.15, -0.1) is 0 Å². The quantitative estimate of drug-likeness (QED) is 0.135. The van der Waals surface area contributed by atoms with E-state index in [1.807, 2.05) is 12.1 Å². The first-order valence-corrected chi connectivity index (χ1v) is 18.0. The van der Waals surface area contributed by atoms with Crippen LogP contribution in [0.3, 0.4) is 0 Å². The molecule has 0 saturated heterocycles. The Morgan fingerprint density at radius 1 is 0.444 bits per heavy atom. The third-order valence-corrected chi connectivity index (χ3v) is 11.8. The fourth-order valence-corrected chi connectivity index (χ4v) is 9.56. The lowest BCUT2D eigenvalue weighted by molar-refractivity contribution is 1.30. The fourth-order valence-electron chi connectivity index (χ4n) is 9.56. The second-order valence-corrected chi connectivity index (χ2v) is 14.3. The summed E-state index contributed by atoms with van der Waals surface area (Å²) in [7, 11) is 0. The van der Waals surface area contributed by atoms with Gasteiger partial charge in [0.25, 0.3) is 0 Å². The van der Waals surface area contributed by atoms with Crippen molar-refractivity contribution in [2.75, 3.05) is 0 Å². The van der Waals surface area contributed by atoms with E-state index in [0.29, 0.717) is 11.3 Å². The predicted octanol–water partition coefficient (Wildman–Crippen LogP) is 13.3. The summed E-state index contributed by atoms with van der Waals surface area (Å²) >= 11 is 0. The Hall–Kier alpha value is -7.66. The maximum atomic E-state index is 10.4. The average Bonchev–Trinajstić information content (AvgIpc) is 3.72. The van der Waals surface area contributed by atoms with Crippen LogP contribution in [0.5, 0.6) is 0 Å². The van der Waals surface area contributed by atoms with E-state index in [1.54, 1.807) is 24.8 Å². The summed E-state index contributed by atoms with van der Waals surface area (Å²) in [5.41, 5.74) is 14.4. The molecule has 2 aromatic heterocycles. The van der Waals surface area contributed by atoms with E-state index in [-0.39, 0.29) is 0 Å². The zero-order valence-electron chi connectivity index (χ0n) is 28.6. The summed E-state index contributed by atoms with van der Waals surface area (Å²) in [6, 6.07) is 46.4. The van der Waals surface area contributed by atoms with Crippen molar-refractivity contribution in [1.82, 2.24) is 9.97 Å². The molecular formula is C50H24N4. The van der Waals surface area contributed by atoms with Crippen LogP contribution in [0, 0.1) is 17.9 Å². The Balaban J connectivity index is 1.28. The second-order valence-electron chi connectivity index (χ2n) is 14.3. The van der Waals surface area contributed by atoms with Gasteiger partial charge in [-0.25, -0.2) is 4.85 Å². The van der Waals surface area contributed by atoms with E-state index >= 15 is 0 Å². The van der Waals surface area contributed by atoms with E-state index < -0.39 is 0 Å². The van der Waals surface area contributed by atoms with Gasteiger partial charge in [-0.2, -0.15) is 5.26 Å². The van der Waals surface area contributed by atoms with Crippen molar-refractivity contribution in [2.24, 2.45) is 0 Å². The van der Waals surface area contributed by atoms with Crippen LogP contribution in [-0.4, -0.2) is 9.97 Å². The molecule has 0 atom stereocenters. The van der Waals surface area contributed by atoms with Gasteiger partial charge in [0.15, 0.2) is 0 Å². The van der Waals surface area contributed by atoms with Crippen LogP contribution in [0.25, 0.3) is 125 Å². The minimum atomic E-state index is 0.517. The molecule has 0 amide bonds. The number of hydrogen-bond donors (Lipinski definition) is 0. The zero-order chi connectivity index (χ0) is 35.7. The van der Waals surface area contributed by atoms with Crippen molar-refractivity contribution in [3.8, 4) is 72.8 Å². The van der Waals surface area contributed by atoms with E-state index in [9.17, 15) is 5.26 Å². The van der Waals surface area contributed by atoms with Crippen LogP contribution >= 0.6 is 0 Å². The van der Waals surface area contributed by atoms with Crippen molar-refractivity contribution in [2.45, 2.75) is 0 Å². The highest BCUT2D eigenvalue weighted by atomic mass is 14.7. The molecule has 0 aliphatic heterocycles. The monoisotopic (exact) mass is 680 g/mol. The summed E-state index contributed by atoms with van der Waals surface area (Å²) in [6.07, 6.45) is 6.90. The first kappa shape index (κ1) is 29.0. The maximum Gasteiger partial charge on any atom is 0.212 e. The molecule has 0 N–H and O–H groups in total. The fraction of sp³-hybridized carbons (Fsp3) is 0. The third kappa shape index (κ3) is 3.64. The molecule has 4 heteroatoms. The van der Waals surface area contributed by atoms with Crippen LogP contribution in [0.15, 0.2) is 146 Å². The molecule has 0 radical (unpaired) electrons. The highest BCUT2D eigenvalue weighted by Crippen LogP contribution is 2.56. The highest BCUT2D eigenvalue weighted by Gasteiger charge is 2.29. The lowest BCUT2D eigenvalue weighted by Gasteiger charge is -2.19. The molecule has 2 heterocycles. The molecule has 12 rings (SSSR count). The smallest absolute Gasteiger partial charge is 0.212 e. The molecule has 2 aliphatic rings. The molecule has 0 spiro atoms. The molecule has 0 bridgehead atoms. The van der Waals surface area contributed by atoms with Gasteiger partial charge in [-0.3, -0.25) is 9.97 Å². The maximum absolute atomic E-state index is 10.4. The Morgan fingerprint density at radius 3 is 1.69 bits per heavy atom. The van der Waals surface area contributed by atoms with Crippen LogP contribution in [-0.2, 0) is 0 Å². The van der Waals surface area contributed by atoms with Gasteiger partial charge in [0.1, 0.15) is 6.07 Å². The van der Waals surface area contributed by atoms with Crippen LogP contribution in [0.2, 0.25) is 0 Å². The Kier molecular flexibility index (Phi) is 5.61. The van der Waals surface area contributed by atoms with Gasteiger partial charge >= 0.3 is 0 Å². The summed E-state index contributed by atoms with van der Waals surface area (Å²) in [5, 5.41) is 22.0. The minimum absolute atomic E-state index is 0.517. The number of pyridine rings is 2. The molecule has 0 unspecified atom stereocenters. The summed E-state index contributed by atoms with van der Waals surface area (Å²) in [6.45, 7) is 8.14. The van der Waals surface area contributed by atoms with Crippen LogP contribution in [0.1, 0.15) is 5.56 Å². The van der Waals surface area contributed by atoms with Gasteiger partial charge in [0.2, 0.25) is 5.69 Å². The number of benzene rings is 8. The predicted molar refractivity (Wildman–Crippen MR) is 220 cm³/mol. The second kappa shape index (κ2) is 10.5. The van der Waals surface area contributed by atoms with Crippen molar-refractivity contribution >= 4 is 59.5 Å². The molecule has 2 aliphatic carbocycles. The van der Waals surface area contributed by atoms with Crippen LogP contribution in [0.4, 0.5) is 5.69 Å². The topological polar surface area (TPSA) is 53.9 Å². The van der Waals surface area contributed by atoms with Crippen molar-refractivity contribution in [3.63, 3.8) is 0 Å². The lowest BCUT2D eigenvalue weighted by atomic mass is 9.83. The van der Waals surface area contributed by atoms with Crippen molar-refractivity contribution in [1.29, 1.82) is 5.26 Å². The number of nitriles is 1. The zero-order valence-corrected chi connectivity index (χ0v) is 28.6. The van der Waals surface area contributed by atoms with Crippen LogP contribution < -0.4 is 0 Å². The van der Waals surface area contributed by atoms with Gasteiger partial charge in [0, 0.05) is 30.4 Å². The summed E-state index contributed by atoms with van der Waals surface area (Å²) in [4.78, 5) is 12.6. The van der Waals surface area contributed by atoms with E-state index in [0.717, 1.165) is 65.7 Å². The largest absolute Gasteiger partial charge is 0.276 e. The Labute approximate surface area is 309 Å². The van der Waals surface area contributed by atoms with E-state index in [4.69, 9.17) is 6.57 Å². The summed E-state index contributed by atoms with van der Waals surface area (Å²) < 4.78 is 0. The van der Waals surface area contributed by atoms with Crippen molar-refractivity contribution in [3.05, 3.63) is 163 Å². The molecule has 54 heavy (non-hydrogen) atoms. The Bertz CT molecular complexity index is 3460. The van der Waals surface area contributed by atoms with E-state index in [2.05, 4.69) is 130 Å². The lowest BCUT2D eigenvalue weighted by Crippen LogP contribution is -1.94. The normalized spacial score (nSPS) is 12.0. The van der Waals surface area contributed by atoms with Crippen molar-refractivity contribution < 1.29 is 0 Å². The molecule has 10 aromatic rings. The molecular weight excluding hydrogens is 657 g/mol.